The van der Waals surface area contributed by atoms with Crippen molar-refractivity contribution in [1.29, 1.82) is 0 Å². The first-order valence-corrected chi connectivity index (χ1v) is 9.31. The number of benzene rings is 1. The van der Waals surface area contributed by atoms with Crippen LogP contribution in [0.15, 0.2) is 35.0 Å². The van der Waals surface area contributed by atoms with Crippen LogP contribution < -0.4 is 4.90 Å². The molecule has 0 bridgehead atoms. The van der Waals surface area contributed by atoms with Gasteiger partial charge in [-0.1, -0.05) is 11.6 Å². The third-order valence-corrected chi connectivity index (χ3v) is 4.94. The van der Waals surface area contributed by atoms with Crippen LogP contribution in [0, 0.1) is 4.77 Å². The molecule has 3 rings (SSSR count). The van der Waals surface area contributed by atoms with Gasteiger partial charge in [-0.25, -0.2) is 0 Å². The van der Waals surface area contributed by atoms with Crippen molar-refractivity contribution >= 4 is 23.8 Å². The third kappa shape index (κ3) is 4.20. The van der Waals surface area contributed by atoms with Crippen LogP contribution in [-0.2, 0) is 19.8 Å². The Balaban J connectivity index is 1.75. The van der Waals surface area contributed by atoms with Gasteiger partial charge in [-0.2, -0.15) is 9.78 Å². The van der Waals surface area contributed by atoms with E-state index < -0.39 is 0 Å². The number of quaternary nitrogens is 1. The van der Waals surface area contributed by atoms with Crippen molar-refractivity contribution in [2.45, 2.75) is 46.6 Å². The molecule has 1 aromatic carbocycles. The zero-order valence-corrected chi connectivity index (χ0v) is 16.6. The average molecular weight is 394 g/mol. The number of halogens is 1. The summed E-state index contributed by atoms with van der Waals surface area (Å²) in [6.45, 7) is 8.38. The lowest BCUT2D eigenvalue weighted by atomic mass is 10.2. The van der Waals surface area contributed by atoms with E-state index in [0.29, 0.717) is 36.1 Å². The maximum absolute atomic E-state index is 5.92. The normalized spacial score (nSPS) is 12.7. The molecule has 0 aliphatic carbocycles. The van der Waals surface area contributed by atoms with Gasteiger partial charge in [0.05, 0.1) is 6.04 Å². The minimum Gasteiger partial charge on any atom is -0.415 e. The van der Waals surface area contributed by atoms with Crippen molar-refractivity contribution in [2.75, 3.05) is 0 Å². The molecule has 138 valence electrons. The highest BCUT2D eigenvalue weighted by Gasteiger charge is 2.20. The Morgan fingerprint density at radius 3 is 2.58 bits per heavy atom. The molecule has 26 heavy (non-hydrogen) atoms. The predicted molar refractivity (Wildman–Crippen MR) is 101 cm³/mol. The summed E-state index contributed by atoms with van der Waals surface area (Å²) in [6.07, 6.45) is 1.77. The van der Waals surface area contributed by atoms with Gasteiger partial charge >= 0.3 is 0 Å². The lowest BCUT2D eigenvalue weighted by Gasteiger charge is -2.21. The Hall–Kier alpha value is -2.03. The fourth-order valence-electron chi connectivity index (χ4n) is 2.56. The van der Waals surface area contributed by atoms with Crippen molar-refractivity contribution in [2.24, 2.45) is 0 Å². The van der Waals surface area contributed by atoms with Gasteiger partial charge in [0.15, 0.2) is 13.2 Å². The maximum atomic E-state index is 5.92. The van der Waals surface area contributed by atoms with Gasteiger partial charge in [0.25, 0.3) is 5.89 Å². The molecule has 9 heteroatoms. The zero-order valence-electron chi connectivity index (χ0n) is 15.0. The maximum Gasteiger partial charge on any atom is 0.271 e. The summed E-state index contributed by atoms with van der Waals surface area (Å²) >= 11 is 11.4. The number of rotatable bonds is 7. The topological polar surface area (TPSA) is 66.1 Å². The fourth-order valence-corrected chi connectivity index (χ4v) is 2.97. The molecule has 0 saturated carbocycles. The van der Waals surface area contributed by atoms with E-state index in [0.717, 1.165) is 16.9 Å². The lowest BCUT2D eigenvalue weighted by Crippen LogP contribution is -3.13. The van der Waals surface area contributed by atoms with Crippen molar-refractivity contribution in [1.82, 2.24) is 24.5 Å². The van der Waals surface area contributed by atoms with Crippen molar-refractivity contribution in [3.8, 4) is 11.5 Å². The molecule has 0 aliphatic rings. The summed E-state index contributed by atoms with van der Waals surface area (Å²) in [6, 6.07) is 7.68. The molecule has 7 nitrogen and oxygen atoms in total. The quantitative estimate of drug-likeness (QED) is 0.625. The molecule has 0 aliphatic heterocycles. The Morgan fingerprint density at radius 1 is 1.23 bits per heavy atom. The summed E-state index contributed by atoms with van der Waals surface area (Å²) in [5.41, 5.74) is 0.850. The second-order valence-electron chi connectivity index (χ2n) is 6.35. The van der Waals surface area contributed by atoms with Gasteiger partial charge in [0.1, 0.15) is 6.33 Å². The van der Waals surface area contributed by atoms with Gasteiger partial charge in [0.2, 0.25) is 10.7 Å². The number of aryl methyl sites for hydroxylation is 1. The predicted octanol–water partition coefficient (Wildman–Crippen LogP) is 2.59. The van der Waals surface area contributed by atoms with Crippen LogP contribution in [0.3, 0.4) is 0 Å². The highest BCUT2D eigenvalue weighted by atomic mass is 35.5. The first-order chi connectivity index (χ1) is 12.5. The number of nitrogens with one attached hydrogen (secondary N) is 1. The first kappa shape index (κ1) is 18.8. The number of nitrogens with zero attached hydrogens (tertiary/aromatic N) is 5. The Morgan fingerprint density at radius 2 is 1.96 bits per heavy atom. The molecular weight excluding hydrogens is 372 g/mol. The average Bonchev–Trinajstić information content (AvgIpc) is 3.22. The van der Waals surface area contributed by atoms with Crippen LogP contribution in [0.5, 0.6) is 0 Å². The second-order valence-corrected chi connectivity index (χ2v) is 7.16. The fraction of sp³-hybridized carbons (Fsp3) is 0.412. The number of hydrogen-bond acceptors (Lipinski definition) is 5. The van der Waals surface area contributed by atoms with Crippen LogP contribution in [0.25, 0.3) is 11.5 Å². The van der Waals surface area contributed by atoms with Gasteiger partial charge in [-0.15, -0.1) is 10.2 Å². The zero-order chi connectivity index (χ0) is 18.7. The Labute approximate surface area is 162 Å². The highest BCUT2D eigenvalue weighted by molar-refractivity contribution is 7.71. The van der Waals surface area contributed by atoms with Gasteiger partial charge in [0, 0.05) is 17.1 Å². The SMILES string of the molecule is CCn1cnn(C[NH+](Cc2nnc(-c3ccc(Cl)cc3)o2)C(C)C)c1=S. The van der Waals surface area contributed by atoms with E-state index in [4.69, 9.17) is 28.2 Å². The molecule has 0 radical (unpaired) electrons. The molecule has 1 atom stereocenters. The number of hydrogen-bond donors (Lipinski definition) is 1. The van der Waals surface area contributed by atoms with Crippen LogP contribution in [0.4, 0.5) is 0 Å². The van der Waals surface area contributed by atoms with E-state index in [1.165, 1.54) is 4.90 Å². The smallest absolute Gasteiger partial charge is 0.271 e. The Bertz CT molecular complexity index is 914. The summed E-state index contributed by atoms with van der Waals surface area (Å²) in [4.78, 5) is 1.23. The summed E-state index contributed by atoms with van der Waals surface area (Å²) in [7, 11) is 0. The number of aromatic nitrogens is 5. The van der Waals surface area contributed by atoms with E-state index in [1.807, 2.05) is 28.3 Å². The minimum atomic E-state index is 0.342. The van der Waals surface area contributed by atoms with Crippen LogP contribution >= 0.6 is 23.8 Å². The van der Waals surface area contributed by atoms with E-state index in [1.54, 1.807) is 18.5 Å². The lowest BCUT2D eigenvalue weighted by molar-refractivity contribution is -0.958. The third-order valence-electron chi connectivity index (χ3n) is 4.24. The van der Waals surface area contributed by atoms with Gasteiger partial charge in [-0.05, 0) is 57.3 Å². The molecule has 0 fully saturated rings. The second kappa shape index (κ2) is 8.11. The molecule has 2 aromatic heterocycles. The largest absolute Gasteiger partial charge is 0.415 e. The van der Waals surface area contributed by atoms with E-state index >= 15 is 0 Å². The molecule has 1 N–H and O–H groups in total. The van der Waals surface area contributed by atoms with E-state index in [9.17, 15) is 0 Å². The Kier molecular flexibility index (Phi) is 5.85. The summed E-state index contributed by atoms with van der Waals surface area (Å²) in [5, 5.41) is 13.4. The van der Waals surface area contributed by atoms with E-state index in [-0.39, 0.29) is 0 Å². The summed E-state index contributed by atoms with van der Waals surface area (Å²) in [5.74, 6) is 1.08. The van der Waals surface area contributed by atoms with Crippen LogP contribution in [0.2, 0.25) is 5.02 Å². The highest BCUT2D eigenvalue weighted by Crippen LogP contribution is 2.19. The standard InChI is InChI=1S/C17H21ClN6OS/c1-4-22-10-19-24(17(22)26)11-23(12(2)3)9-15-20-21-16(25-15)13-5-7-14(18)8-6-13/h5-8,10,12H,4,9,11H2,1-3H3/p+1. The molecule has 0 saturated heterocycles. The van der Waals surface area contributed by atoms with Crippen LogP contribution in [0.1, 0.15) is 26.7 Å². The first-order valence-electron chi connectivity index (χ1n) is 8.53. The molecule has 3 aromatic rings. The molecule has 0 amide bonds. The van der Waals surface area contributed by atoms with Gasteiger partial charge in [-0.3, -0.25) is 0 Å². The molecule has 2 heterocycles. The monoisotopic (exact) mass is 393 g/mol. The van der Waals surface area contributed by atoms with E-state index in [2.05, 4.69) is 29.1 Å². The van der Waals surface area contributed by atoms with Gasteiger partial charge < -0.3 is 13.9 Å². The minimum absolute atomic E-state index is 0.342. The molecule has 0 spiro atoms. The molecule has 1 unspecified atom stereocenters. The van der Waals surface area contributed by atoms with Crippen molar-refractivity contribution in [3.63, 3.8) is 0 Å². The summed E-state index contributed by atoms with van der Waals surface area (Å²) < 4.78 is 10.3. The van der Waals surface area contributed by atoms with Crippen molar-refractivity contribution < 1.29 is 9.32 Å². The van der Waals surface area contributed by atoms with Crippen LogP contribution in [-0.4, -0.2) is 30.6 Å². The van der Waals surface area contributed by atoms with Crippen molar-refractivity contribution in [3.05, 3.63) is 46.3 Å². The molecular formula is C17H22ClN6OS+.